The number of amides is 1. The summed E-state index contributed by atoms with van der Waals surface area (Å²) >= 11 is 0. The van der Waals surface area contributed by atoms with E-state index >= 15 is 0 Å². The zero-order valence-electron chi connectivity index (χ0n) is 12.3. The van der Waals surface area contributed by atoms with Crippen molar-refractivity contribution in [2.24, 2.45) is 5.73 Å². The zero-order chi connectivity index (χ0) is 15.2. The molecule has 0 fully saturated rings. The van der Waals surface area contributed by atoms with E-state index in [0.717, 1.165) is 12.2 Å². The Labute approximate surface area is 124 Å². The van der Waals surface area contributed by atoms with Gasteiger partial charge in [0.1, 0.15) is 11.5 Å². The Balaban J connectivity index is 2.05. The van der Waals surface area contributed by atoms with Gasteiger partial charge in [0.2, 0.25) is 0 Å². The highest BCUT2D eigenvalue weighted by atomic mass is 16.5. The number of rotatable bonds is 6. The van der Waals surface area contributed by atoms with Gasteiger partial charge in [-0.25, -0.2) is 0 Å². The molecule has 5 nitrogen and oxygen atoms in total. The number of nitrogens with one attached hydrogen (secondary N) is 1. The normalized spacial score (nSPS) is 12.0. The minimum absolute atomic E-state index is 0.133. The summed E-state index contributed by atoms with van der Waals surface area (Å²) in [5.74, 6) is 1.23. The fourth-order valence-electron chi connectivity index (χ4n) is 1.77. The van der Waals surface area contributed by atoms with Gasteiger partial charge >= 0.3 is 0 Å². The van der Waals surface area contributed by atoms with Crippen molar-refractivity contribution in [3.05, 3.63) is 47.9 Å². The van der Waals surface area contributed by atoms with E-state index in [1.807, 2.05) is 19.1 Å². The number of nitrogens with two attached hydrogens (primary N) is 1. The van der Waals surface area contributed by atoms with Crippen molar-refractivity contribution in [2.75, 3.05) is 5.32 Å². The third-order valence-corrected chi connectivity index (χ3v) is 3.09. The monoisotopic (exact) mass is 288 g/mol. The van der Waals surface area contributed by atoms with Crippen molar-refractivity contribution >= 4 is 11.6 Å². The number of carbonyl (C=O) groups is 1. The molecule has 5 heteroatoms. The highest BCUT2D eigenvalue weighted by Gasteiger charge is 2.11. The average Bonchev–Trinajstić information content (AvgIpc) is 2.96. The Morgan fingerprint density at radius 3 is 2.86 bits per heavy atom. The first-order valence-electron chi connectivity index (χ1n) is 6.99. The molecular weight excluding hydrogens is 268 g/mol. The number of benzene rings is 1. The number of furan rings is 1. The Morgan fingerprint density at radius 1 is 1.38 bits per heavy atom. The Hall–Kier alpha value is -2.27. The fraction of sp³-hybridized carbons (Fsp3) is 0.312. The van der Waals surface area contributed by atoms with Gasteiger partial charge in [0, 0.05) is 11.8 Å². The maximum absolute atomic E-state index is 12.0. The van der Waals surface area contributed by atoms with Crippen molar-refractivity contribution in [3.8, 4) is 5.75 Å². The average molecular weight is 288 g/mol. The largest absolute Gasteiger partial charge is 0.491 e. The lowest BCUT2D eigenvalue weighted by atomic mass is 10.2. The molecule has 0 aliphatic carbocycles. The van der Waals surface area contributed by atoms with Gasteiger partial charge in [0.25, 0.3) is 5.91 Å². The minimum atomic E-state index is -0.310. The molecule has 112 valence electrons. The number of hydrogen-bond donors (Lipinski definition) is 2. The first-order chi connectivity index (χ1) is 10.1. The van der Waals surface area contributed by atoms with E-state index in [1.54, 1.807) is 24.3 Å². The lowest BCUT2D eigenvalue weighted by molar-refractivity contribution is 0.0995. The summed E-state index contributed by atoms with van der Waals surface area (Å²) in [6.07, 6.45) is 1.05. The Morgan fingerprint density at radius 2 is 2.19 bits per heavy atom. The molecule has 2 rings (SSSR count). The Bertz CT molecular complexity index is 607. The van der Waals surface area contributed by atoms with Gasteiger partial charge in [-0.15, -0.1) is 0 Å². The summed E-state index contributed by atoms with van der Waals surface area (Å²) in [6, 6.07) is 10.6. The molecule has 1 heterocycles. The molecule has 2 aromatic rings. The smallest absolute Gasteiger partial charge is 0.291 e. The number of anilines is 1. The van der Waals surface area contributed by atoms with Gasteiger partial charge in [-0.2, -0.15) is 0 Å². The zero-order valence-corrected chi connectivity index (χ0v) is 12.3. The van der Waals surface area contributed by atoms with E-state index in [2.05, 4.69) is 12.2 Å². The van der Waals surface area contributed by atoms with Crippen LogP contribution in [0.2, 0.25) is 0 Å². The summed E-state index contributed by atoms with van der Waals surface area (Å²) in [5.41, 5.74) is 6.11. The molecule has 0 spiro atoms. The van der Waals surface area contributed by atoms with Crippen molar-refractivity contribution in [1.29, 1.82) is 0 Å². The minimum Gasteiger partial charge on any atom is -0.491 e. The molecule has 3 N–H and O–H groups in total. The van der Waals surface area contributed by atoms with Crippen LogP contribution in [0.25, 0.3) is 0 Å². The van der Waals surface area contributed by atoms with Crippen LogP contribution in [-0.2, 0) is 6.54 Å². The van der Waals surface area contributed by atoms with Gasteiger partial charge in [-0.1, -0.05) is 13.0 Å². The predicted octanol–water partition coefficient (Wildman–Crippen LogP) is 3.17. The highest BCUT2D eigenvalue weighted by Crippen LogP contribution is 2.20. The van der Waals surface area contributed by atoms with Crippen LogP contribution in [-0.4, -0.2) is 12.0 Å². The standard InChI is InChI=1S/C16H20N2O3/c1-3-11(2)20-13-6-4-5-12(9-13)18-16(19)15-8-7-14(10-17)21-15/h4-9,11H,3,10,17H2,1-2H3,(H,18,19). The lowest BCUT2D eigenvalue weighted by Crippen LogP contribution is -2.12. The summed E-state index contributed by atoms with van der Waals surface area (Å²) in [5, 5.41) is 2.77. The molecule has 0 saturated carbocycles. The lowest BCUT2D eigenvalue weighted by Gasteiger charge is -2.13. The molecule has 21 heavy (non-hydrogen) atoms. The molecule has 0 radical (unpaired) electrons. The van der Waals surface area contributed by atoms with Crippen LogP contribution in [0, 0.1) is 0 Å². The maximum Gasteiger partial charge on any atom is 0.291 e. The second kappa shape index (κ2) is 6.95. The van der Waals surface area contributed by atoms with E-state index in [9.17, 15) is 4.79 Å². The van der Waals surface area contributed by atoms with E-state index in [-0.39, 0.29) is 24.3 Å². The van der Waals surface area contributed by atoms with Gasteiger partial charge in [-0.05, 0) is 37.6 Å². The third kappa shape index (κ3) is 4.10. The number of ether oxygens (including phenoxy) is 1. The van der Waals surface area contributed by atoms with E-state index in [4.69, 9.17) is 14.9 Å². The maximum atomic E-state index is 12.0. The van der Waals surface area contributed by atoms with E-state index < -0.39 is 0 Å². The summed E-state index contributed by atoms with van der Waals surface area (Å²) in [6.45, 7) is 4.33. The van der Waals surface area contributed by atoms with Crippen LogP contribution < -0.4 is 15.8 Å². The summed E-state index contributed by atoms with van der Waals surface area (Å²) in [7, 11) is 0. The Kier molecular flexibility index (Phi) is 5.00. The van der Waals surface area contributed by atoms with Crippen molar-refractivity contribution in [1.82, 2.24) is 0 Å². The SMILES string of the molecule is CCC(C)Oc1cccc(NC(=O)c2ccc(CN)o2)c1. The number of hydrogen-bond acceptors (Lipinski definition) is 4. The van der Waals surface area contributed by atoms with Crippen LogP contribution in [0.4, 0.5) is 5.69 Å². The van der Waals surface area contributed by atoms with Crippen LogP contribution in [0.5, 0.6) is 5.75 Å². The van der Waals surface area contributed by atoms with Gasteiger partial charge in [0.05, 0.1) is 12.6 Å². The van der Waals surface area contributed by atoms with E-state index in [0.29, 0.717) is 11.4 Å². The molecule has 1 aromatic carbocycles. The van der Waals surface area contributed by atoms with Crippen molar-refractivity contribution in [2.45, 2.75) is 32.9 Å². The molecule has 1 unspecified atom stereocenters. The first kappa shape index (κ1) is 15.1. The second-order valence-electron chi connectivity index (χ2n) is 4.79. The van der Waals surface area contributed by atoms with Crippen molar-refractivity contribution < 1.29 is 13.9 Å². The van der Waals surface area contributed by atoms with Gasteiger partial charge in [0.15, 0.2) is 5.76 Å². The predicted molar refractivity (Wildman–Crippen MR) is 81.4 cm³/mol. The molecular formula is C16H20N2O3. The molecule has 0 aliphatic rings. The third-order valence-electron chi connectivity index (χ3n) is 3.09. The topological polar surface area (TPSA) is 77.5 Å². The van der Waals surface area contributed by atoms with Crippen LogP contribution in [0.3, 0.4) is 0 Å². The first-order valence-corrected chi connectivity index (χ1v) is 6.99. The number of carbonyl (C=O) groups excluding carboxylic acids is 1. The molecule has 1 amide bonds. The highest BCUT2D eigenvalue weighted by molar-refractivity contribution is 6.02. The summed E-state index contributed by atoms with van der Waals surface area (Å²) in [4.78, 5) is 12.0. The summed E-state index contributed by atoms with van der Waals surface area (Å²) < 4.78 is 11.0. The molecule has 0 saturated heterocycles. The molecule has 0 aliphatic heterocycles. The van der Waals surface area contributed by atoms with Crippen LogP contribution in [0.1, 0.15) is 36.6 Å². The van der Waals surface area contributed by atoms with Crippen molar-refractivity contribution in [3.63, 3.8) is 0 Å². The quantitative estimate of drug-likeness (QED) is 0.856. The fourth-order valence-corrected chi connectivity index (χ4v) is 1.77. The van der Waals surface area contributed by atoms with E-state index in [1.165, 1.54) is 0 Å². The van der Waals surface area contributed by atoms with Gasteiger partial charge in [-0.3, -0.25) is 4.79 Å². The van der Waals surface area contributed by atoms with Crippen LogP contribution >= 0.6 is 0 Å². The molecule has 1 aromatic heterocycles. The van der Waals surface area contributed by atoms with Gasteiger partial charge < -0.3 is 20.2 Å². The molecule has 1 atom stereocenters. The van der Waals surface area contributed by atoms with Crippen LogP contribution in [0.15, 0.2) is 40.8 Å². The second-order valence-corrected chi connectivity index (χ2v) is 4.79. The molecule has 0 bridgehead atoms.